The van der Waals surface area contributed by atoms with E-state index >= 15 is 0 Å². The molecule has 0 aliphatic carbocycles. The molecule has 126 valence electrons. The van der Waals surface area contributed by atoms with Gasteiger partial charge in [0.25, 0.3) is 0 Å². The van der Waals surface area contributed by atoms with Gasteiger partial charge < -0.3 is 14.2 Å². The highest BCUT2D eigenvalue weighted by Gasteiger charge is 2.12. The number of esters is 1. The molecule has 0 spiro atoms. The largest absolute Gasteiger partial charge is 0.493 e. The lowest BCUT2D eigenvalue weighted by Crippen LogP contribution is -2.00. The number of pyridine rings is 1. The predicted molar refractivity (Wildman–Crippen MR) is 92.2 cm³/mol. The van der Waals surface area contributed by atoms with Crippen LogP contribution in [0, 0.1) is 0 Å². The van der Waals surface area contributed by atoms with Crippen LogP contribution >= 0.6 is 11.6 Å². The highest BCUT2D eigenvalue weighted by atomic mass is 35.5. The zero-order valence-electron chi connectivity index (χ0n) is 13.5. The van der Waals surface area contributed by atoms with E-state index in [4.69, 9.17) is 25.8 Å². The number of rotatable bonds is 7. The van der Waals surface area contributed by atoms with E-state index in [2.05, 4.69) is 4.98 Å². The lowest BCUT2D eigenvalue weighted by molar-refractivity contribution is -0.137. The summed E-state index contributed by atoms with van der Waals surface area (Å²) in [5.41, 5.74) is 1.63. The van der Waals surface area contributed by atoms with Gasteiger partial charge in [-0.2, -0.15) is 0 Å². The Bertz CT molecular complexity index is 716. The topological polar surface area (TPSA) is 57.7 Å². The molecule has 0 saturated heterocycles. The Hall–Kier alpha value is -2.53. The summed E-state index contributed by atoms with van der Waals surface area (Å²) in [6.45, 7) is 2.40. The fraction of sp³-hybridized carbons (Fsp3) is 0.222. The average molecular weight is 348 g/mol. The van der Waals surface area contributed by atoms with Crippen molar-refractivity contribution in [2.24, 2.45) is 0 Å². The Morgan fingerprint density at radius 3 is 2.88 bits per heavy atom. The molecule has 5 nitrogen and oxygen atoms in total. The molecule has 0 atom stereocenters. The normalized spacial score (nSPS) is 10.6. The lowest BCUT2D eigenvalue weighted by atomic mass is 10.2. The van der Waals surface area contributed by atoms with Gasteiger partial charge in [0.15, 0.2) is 11.5 Å². The van der Waals surface area contributed by atoms with Crippen molar-refractivity contribution in [2.45, 2.75) is 13.5 Å². The molecule has 0 bridgehead atoms. The third-order valence-corrected chi connectivity index (χ3v) is 3.34. The molecule has 1 aromatic carbocycles. The van der Waals surface area contributed by atoms with Crippen LogP contribution in [0.1, 0.15) is 18.1 Å². The zero-order chi connectivity index (χ0) is 17.4. The fourth-order valence-corrected chi connectivity index (χ4v) is 2.24. The van der Waals surface area contributed by atoms with Gasteiger partial charge in [0.1, 0.15) is 6.61 Å². The summed E-state index contributed by atoms with van der Waals surface area (Å²) in [7, 11) is 1.53. The van der Waals surface area contributed by atoms with E-state index in [1.165, 1.54) is 13.2 Å². The lowest BCUT2D eigenvalue weighted by Gasteiger charge is -2.13. The van der Waals surface area contributed by atoms with Crippen LogP contribution < -0.4 is 9.47 Å². The van der Waals surface area contributed by atoms with Crippen LogP contribution in [0.15, 0.2) is 42.7 Å². The van der Waals surface area contributed by atoms with Crippen molar-refractivity contribution < 1.29 is 19.0 Å². The van der Waals surface area contributed by atoms with E-state index in [1.807, 2.05) is 12.1 Å². The number of nitrogens with zero attached hydrogens (tertiary/aromatic N) is 1. The number of halogens is 1. The first-order chi connectivity index (χ1) is 11.6. The quantitative estimate of drug-likeness (QED) is 0.561. The molecule has 2 aromatic rings. The molecule has 0 radical (unpaired) electrons. The van der Waals surface area contributed by atoms with Crippen LogP contribution in [-0.2, 0) is 16.1 Å². The van der Waals surface area contributed by atoms with Crippen molar-refractivity contribution in [3.8, 4) is 11.5 Å². The summed E-state index contributed by atoms with van der Waals surface area (Å²) in [5.74, 6) is 0.510. The smallest absolute Gasteiger partial charge is 0.330 e. The molecule has 0 amide bonds. The summed E-state index contributed by atoms with van der Waals surface area (Å²) in [5, 5.41) is 0.391. The molecular weight excluding hydrogens is 330 g/mol. The maximum atomic E-state index is 11.4. The highest BCUT2D eigenvalue weighted by molar-refractivity contribution is 6.32. The Kier molecular flexibility index (Phi) is 6.63. The Labute approximate surface area is 145 Å². The van der Waals surface area contributed by atoms with Crippen molar-refractivity contribution in [2.75, 3.05) is 13.7 Å². The zero-order valence-corrected chi connectivity index (χ0v) is 14.2. The van der Waals surface area contributed by atoms with Gasteiger partial charge in [0.2, 0.25) is 0 Å². The van der Waals surface area contributed by atoms with Crippen LogP contribution in [0.5, 0.6) is 11.5 Å². The maximum absolute atomic E-state index is 11.4. The van der Waals surface area contributed by atoms with Crippen molar-refractivity contribution in [1.82, 2.24) is 4.98 Å². The van der Waals surface area contributed by atoms with Crippen LogP contribution in [0.4, 0.5) is 0 Å². The third kappa shape index (κ3) is 4.99. The molecule has 0 N–H and O–H groups in total. The average Bonchev–Trinajstić information content (AvgIpc) is 2.59. The van der Waals surface area contributed by atoms with E-state index < -0.39 is 5.97 Å². The molecule has 2 rings (SSSR count). The summed E-state index contributed by atoms with van der Waals surface area (Å²) in [6.07, 6.45) is 6.36. The molecule has 0 aliphatic heterocycles. The van der Waals surface area contributed by atoms with E-state index in [0.29, 0.717) is 35.3 Å². The minimum atomic E-state index is -0.413. The van der Waals surface area contributed by atoms with Gasteiger partial charge >= 0.3 is 5.97 Å². The Morgan fingerprint density at radius 2 is 2.21 bits per heavy atom. The summed E-state index contributed by atoms with van der Waals surface area (Å²) in [6, 6.07) is 7.17. The van der Waals surface area contributed by atoms with Gasteiger partial charge in [-0.3, -0.25) is 4.98 Å². The second kappa shape index (κ2) is 8.93. The molecule has 24 heavy (non-hydrogen) atoms. The van der Waals surface area contributed by atoms with Gasteiger partial charge in [0, 0.05) is 24.0 Å². The van der Waals surface area contributed by atoms with E-state index in [0.717, 1.165) is 5.56 Å². The van der Waals surface area contributed by atoms with Crippen LogP contribution in [0.2, 0.25) is 5.02 Å². The Morgan fingerprint density at radius 1 is 1.38 bits per heavy atom. The molecule has 1 aromatic heterocycles. The molecular formula is C18H18ClNO4. The number of carbonyl (C=O) groups is 1. The minimum absolute atomic E-state index is 0.321. The molecule has 0 unspecified atom stereocenters. The molecule has 0 fully saturated rings. The van der Waals surface area contributed by atoms with Crippen LogP contribution in [0.25, 0.3) is 6.08 Å². The number of hydrogen-bond donors (Lipinski definition) is 0. The van der Waals surface area contributed by atoms with E-state index in [1.54, 1.807) is 37.5 Å². The van der Waals surface area contributed by atoms with Crippen molar-refractivity contribution >= 4 is 23.6 Å². The predicted octanol–water partition coefficient (Wildman–Crippen LogP) is 3.90. The van der Waals surface area contributed by atoms with E-state index in [-0.39, 0.29) is 0 Å². The van der Waals surface area contributed by atoms with Crippen molar-refractivity contribution in [3.05, 3.63) is 58.9 Å². The van der Waals surface area contributed by atoms with E-state index in [9.17, 15) is 4.79 Å². The number of carbonyl (C=O) groups excluding carboxylic acids is 1. The summed E-state index contributed by atoms with van der Waals surface area (Å²) < 4.78 is 15.9. The van der Waals surface area contributed by atoms with Gasteiger partial charge in [-0.05, 0) is 36.8 Å². The number of benzene rings is 1. The van der Waals surface area contributed by atoms with Gasteiger partial charge in [-0.1, -0.05) is 17.7 Å². The number of ether oxygens (including phenoxy) is 3. The van der Waals surface area contributed by atoms with Gasteiger partial charge in [-0.25, -0.2) is 4.79 Å². The van der Waals surface area contributed by atoms with Gasteiger partial charge in [0.05, 0.1) is 18.7 Å². The summed E-state index contributed by atoms with van der Waals surface area (Å²) >= 11 is 6.29. The second-order valence-electron chi connectivity index (χ2n) is 4.77. The van der Waals surface area contributed by atoms with Crippen LogP contribution in [0.3, 0.4) is 0 Å². The minimum Gasteiger partial charge on any atom is -0.493 e. The number of methoxy groups -OCH3 is 1. The first-order valence-electron chi connectivity index (χ1n) is 7.38. The molecule has 0 saturated carbocycles. The number of hydrogen-bond acceptors (Lipinski definition) is 5. The Balaban J connectivity index is 2.16. The van der Waals surface area contributed by atoms with Crippen LogP contribution in [-0.4, -0.2) is 24.7 Å². The first kappa shape index (κ1) is 17.8. The standard InChI is InChI=1S/C18H18ClNO4/c1-3-23-17(21)7-6-13-9-15(19)18(16(10-13)22-2)24-12-14-5-4-8-20-11-14/h4-11H,3,12H2,1-2H3/b7-6+. The second-order valence-corrected chi connectivity index (χ2v) is 5.18. The fourth-order valence-electron chi connectivity index (χ4n) is 1.97. The maximum Gasteiger partial charge on any atom is 0.330 e. The first-order valence-corrected chi connectivity index (χ1v) is 7.76. The van der Waals surface area contributed by atoms with Gasteiger partial charge in [-0.15, -0.1) is 0 Å². The SMILES string of the molecule is CCOC(=O)/C=C/c1cc(Cl)c(OCc2cccnc2)c(OC)c1. The monoisotopic (exact) mass is 347 g/mol. The molecule has 1 heterocycles. The number of aromatic nitrogens is 1. The van der Waals surface area contributed by atoms with Crippen molar-refractivity contribution in [1.29, 1.82) is 0 Å². The third-order valence-electron chi connectivity index (χ3n) is 3.06. The molecule has 0 aliphatic rings. The van der Waals surface area contributed by atoms with Crippen molar-refractivity contribution in [3.63, 3.8) is 0 Å². The molecule has 6 heteroatoms. The highest BCUT2D eigenvalue weighted by Crippen LogP contribution is 2.37. The summed E-state index contributed by atoms with van der Waals surface area (Å²) in [4.78, 5) is 15.4.